The molecular formula is C17H14N2O2. The number of para-hydroxylation sites is 1. The number of amides is 1. The predicted molar refractivity (Wildman–Crippen MR) is 82.6 cm³/mol. The molecule has 2 aromatic carbocycles. The Hall–Kier alpha value is -2.88. The van der Waals surface area contributed by atoms with Crippen molar-refractivity contribution in [2.24, 2.45) is 0 Å². The van der Waals surface area contributed by atoms with Gasteiger partial charge in [0.25, 0.3) is 0 Å². The quantitative estimate of drug-likeness (QED) is 0.714. The maximum Gasteiger partial charge on any atom is 0.420 e. The van der Waals surface area contributed by atoms with Crippen LogP contribution in [0.3, 0.4) is 0 Å². The predicted octanol–water partition coefficient (Wildman–Crippen LogP) is 3.87. The number of fused-ring (bicyclic) bond motifs is 1. The van der Waals surface area contributed by atoms with Crippen LogP contribution in [0, 0.1) is 0 Å². The number of nitrogens with zero attached hydrogens (tertiary/aromatic N) is 2. The molecule has 0 saturated heterocycles. The van der Waals surface area contributed by atoms with Gasteiger partial charge >= 0.3 is 6.09 Å². The Morgan fingerprint density at radius 1 is 1.00 bits per heavy atom. The molecule has 1 heterocycles. The normalized spacial score (nSPS) is 10.3. The van der Waals surface area contributed by atoms with Gasteiger partial charge in [-0.15, -0.1) is 0 Å². The van der Waals surface area contributed by atoms with E-state index in [9.17, 15) is 4.79 Å². The van der Waals surface area contributed by atoms with Gasteiger partial charge in [0.1, 0.15) is 0 Å². The van der Waals surface area contributed by atoms with Gasteiger partial charge in [0.2, 0.25) is 5.88 Å². The van der Waals surface area contributed by atoms with E-state index in [1.54, 1.807) is 19.3 Å². The second-order valence-corrected chi connectivity index (χ2v) is 4.63. The van der Waals surface area contributed by atoms with Crippen LogP contribution in [0.4, 0.5) is 10.5 Å². The Morgan fingerprint density at radius 3 is 2.43 bits per heavy atom. The van der Waals surface area contributed by atoms with E-state index in [4.69, 9.17) is 4.74 Å². The van der Waals surface area contributed by atoms with Gasteiger partial charge in [0, 0.05) is 30.4 Å². The highest BCUT2D eigenvalue weighted by atomic mass is 16.6. The molecule has 0 unspecified atom stereocenters. The van der Waals surface area contributed by atoms with Crippen molar-refractivity contribution in [3.05, 3.63) is 66.9 Å². The first-order valence-corrected chi connectivity index (χ1v) is 6.59. The van der Waals surface area contributed by atoms with Crippen molar-refractivity contribution in [2.45, 2.75) is 0 Å². The van der Waals surface area contributed by atoms with Crippen LogP contribution in [0.2, 0.25) is 0 Å². The SMILES string of the molecule is CN(C(=O)Oc1cc2ccccc2cn1)c1ccccc1. The molecule has 0 fully saturated rings. The summed E-state index contributed by atoms with van der Waals surface area (Å²) in [5.41, 5.74) is 0.767. The fraction of sp³-hybridized carbons (Fsp3) is 0.0588. The van der Waals surface area contributed by atoms with E-state index in [1.165, 1.54) is 4.90 Å². The third-order valence-electron chi connectivity index (χ3n) is 3.22. The van der Waals surface area contributed by atoms with Crippen LogP contribution >= 0.6 is 0 Å². The molecule has 3 rings (SSSR count). The fourth-order valence-corrected chi connectivity index (χ4v) is 2.03. The maximum atomic E-state index is 12.1. The molecule has 0 aliphatic carbocycles. The molecule has 104 valence electrons. The molecule has 1 amide bonds. The summed E-state index contributed by atoms with van der Waals surface area (Å²) in [5, 5.41) is 1.99. The largest absolute Gasteiger partial charge is 0.420 e. The van der Waals surface area contributed by atoms with Crippen molar-refractivity contribution >= 4 is 22.6 Å². The van der Waals surface area contributed by atoms with Gasteiger partial charge in [-0.1, -0.05) is 42.5 Å². The zero-order chi connectivity index (χ0) is 14.7. The van der Waals surface area contributed by atoms with E-state index >= 15 is 0 Å². The zero-order valence-electron chi connectivity index (χ0n) is 11.6. The van der Waals surface area contributed by atoms with Crippen molar-refractivity contribution in [1.29, 1.82) is 0 Å². The van der Waals surface area contributed by atoms with Gasteiger partial charge < -0.3 is 4.74 Å². The van der Waals surface area contributed by atoms with Crippen molar-refractivity contribution in [3.63, 3.8) is 0 Å². The van der Waals surface area contributed by atoms with Crippen molar-refractivity contribution < 1.29 is 9.53 Å². The lowest BCUT2D eigenvalue weighted by Crippen LogP contribution is -2.29. The number of hydrogen-bond donors (Lipinski definition) is 0. The van der Waals surface area contributed by atoms with Gasteiger partial charge in [-0.05, 0) is 17.5 Å². The smallest absolute Gasteiger partial charge is 0.391 e. The van der Waals surface area contributed by atoms with Crippen LogP contribution in [0.15, 0.2) is 66.9 Å². The monoisotopic (exact) mass is 278 g/mol. The van der Waals surface area contributed by atoms with E-state index in [0.717, 1.165) is 16.5 Å². The van der Waals surface area contributed by atoms with Crippen LogP contribution in [0.25, 0.3) is 10.8 Å². The van der Waals surface area contributed by atoms with Crippen LogP contribution in [-0.4, -0.2) is 18.1 Å². The molecule has 3 aromatic rings. The molecule has 0 aliphatic rings. The summed E-state index contributed by atoms with van der Waals surface area (Å²) in [6.45, 7) is 0. The summed E-state index contributed by atoms with van der Waals surface area (Å²) < 4.78 is 5.31. The highest BCUT2D eigenvalue weighted by Gasteiger charge is 2.13. The van der Waals surface area contributed by atoms with E-state index in [-0.39, 0.29) is 0 Å². The summed E-state index contributed by atoms with van der Waals surface area (Å²) in [7, 11) is 1.67. The molecular weight excluding hydrogens is 264 g/mol. The molecule has 21 heavy (non-hydrogen) atoms. The Balaban J connectivity index is 1.80. The Morgan fingerprint density at radius 2 is 1.67 bits per heavy atom. The number of aromatic nitrogens is 1. The molecule has 0 N–H and O–H groups in total. The summed E-state index contributed by atoms with van der Waals surface area (Å²) in [5.74, 6) is 0.293. The topological polar surface area (TPSA) is 42.4 Å². The molecule has 4 heteroatoms. The summed E-state index contributed by atoms with van der Waals surface area (Å²) >= 11 is 0. The average Bonchev–Trinajstić information content (AvgIpc) is 2.55. The molecule has 1 aromatic heterocycles. The molecule has 0 aliphatic heterocycles. The lowest BCUT2D eigenvalue weighted by molar-refractivity contribution is 0.207. The van der Waals surface area contributed by atoms with Crippen LogP contribution in [-0.2, 0) is 0 Å². The first-order valence-electron chi connectivity index (χ1n) is 6.59. The summed E-state index contributed by atoms with van der Waals surface area (Å²) in [6, 6.07) is 18.9. The summed E-state index contributed by atoms with van der Waals surface area (Å²) in [4.78, 5) is 17.7. The molecule has 0 radical (unpaired) electrons. The standard InChI is InChI=1S/C17H14N2O2/c1-19(15-9-3-2-4-10-15)17(20)21-16-11-13-7-5-6-8-14(13)12-18-16/h2-12H,1H3. The molecule has 0 bridgehead atoms. The maximum absolute atomic E-state index is 12.1. The number of hydrogen-bond acceptors (Lipinski definition) is 3. The average molecular weight is 278 g/mol. The molecule has 0 spiro atoms. The van der Waals surface area contributed by atoms with Crippen LogP contribution in [0.5, 0.6) is 5.88 Å². The van der Waals surface area contributed by atoms with E-state index in [2.05, 4.69) is 4.98 Å². The second-order valence-electron chi connectivity index (χ2n) is 4.63. The van der Waals surface area contributed by atoms with Crippen LogP contribution in [0.1, 0.15) is 0 Å². The Kier molecular flexibility index (Phi) is 3.51. The number of benzene rings is 2. The fourth-order valence-electron chi connectivity index (χ4n) is 2.03. The van der Waals surface area contributed by atoms with Gasteiger partial charge in [-0.25, -0.2) is 9.78 Å². The molecule has 0 saturated carbocycles. The number of carbonyl (C=O) groups excluding carboxylic acids is 1. The van der Waals surface area contributed by atoms with Crippen LogP contribution < -0.4 is 9.64 Å². The van der Waals surface area contributed by atoms with Crippen molar-refractivity contribution in [2.75, 3.05) is 11.9 Å². The first kappa shape index (κ1) is 13.1. The second kappa shape index (κ2) is 5.63. The van der Waals surface area contributed by atoms with Gasteiger partial charge in [0.05, 0.1) is 0 Å². The Labute approximate surface area is 122 Å². The molecule has 4 nitrogen and oxygen atoms in total. The van der Waals surface area contributed by atoms with E-state index < -0.39 is 6.09 Å². The minimum Gasteiger partial charge on any atom is -0.391 e. The lowest BCUT2D eigenvalue weighted by Gasteiger charge is -2.16. The van der Waals surface area contributed by atoms with E-state index in [0.29, 0.717) is 5.88 Å². The number of ether oxygens (including phenoxy) is 1. The highest BCUT2D eigenvalue weighted by molar-refractivity contribution is 5.89. The number of rotatable bonds is 2. The van der Waals surface area contributed by atoms with Crippen molar-refractivity contribution in [1.82, 2.24) is 4.98 Å². The number of carbonyl (C=O) groups is 1. The highest BCUT2D eigenvalue weighted by Crippen LogP contribution is 2.19. The first-order chi connectivity index (χ1) is 10.2. The zero-order valence-corrected chi connectivity index (χ0v) is 11.6. The number of anilines is 1. The van der Waals surface area contributed by atoms with Gasteiger partial charge in [-0.3, -0.25) is 4.90 Å². The molecule has 0 atom stereocenters. The summed E-state index contributed by atoms with van der Waals surface area (Å²) in [6.07, 6.45) is 1.23. The third kappa shape index (κ3) is 2.84. The number of pyridine rings is 1. The van der Waals surface area contributed by atoms with Crippen molar-refractivity contribution in [3.8, 4) is 5.88 Å². The van der Waals surface area contributed by atoms with Gasteiger partial charge in [0.15, 0.2) is 0 Å². The Bertz CT molecular complexity index is 772. The third-order valence-corrected chi connectivity index (χ3v) is 3.22. The van der Waals surface area contributed by atoms with Gasteiger partial charge in [-0.2, -0.15) is 0 Å². The van der Waals surface area contributed by atoms with E-state index in [1.807, 2.05) is 54.6 Å². The minimum absolute atomic E-state index is 0.293. The lowest BCUT2D eigenvalue weighted by atomic mass is 10.2. The minimum atomic E-state index is -0.469.